The third-order valence-corrected chi connectivity index (χ3v) is 2.50. The molecule has 1 unspecified atom stereocenters. The highest BCUT2D eigenvalue weighted by Crippen LogP contribution is 2.00. The fourth-order valence-corrected chi connectivity index (χ4v) is 1.51. The lowest BCUT2D eigenvalue weighted by Crippen LogP contribution is -2.37. The lowest BCUT2D eigenvalue weighted by molar-refractivity contribution is -0.157. The molecule has 0 aliphatic carbocycles. The van der Waals surface area contributed by atoms with E-state index in [1.54, 1.807) is 0 Å². The predicted molar refractivity (Wildman–Crippen MR) is 72.2 cm³/mol. The lowest BCUT2D eigenvalue weighted by Gasteiger charge is -2.21. The molecule has 0 aromatic rings. The van der Waals surface area contributed by atoms with Gasteiger partial charge in [-0.2, -0.15) is 0 Å². The maximum absolute atomic E-state index is 10.8. The Morgan fingerprint density at radius 2 is 1.48 bits per heavy atom. The fraction of sp³-hybridized carbons (Fsp3) is 0.667. The number of carbonyl (C=O) groups is 4. The standard InChI is InChI=1S/C12H19NO10/c14-9(15)5-8(12(20)21)23-4-2-13(6-10(16)17)1-3-22-7-11(18)19/h8H,1-7H2,(H,14,15)(H,16,17)(H,18,19)(H,20,21). The Balaban J connectivity index is 4.25. The molecule has 0 aliphatic heterocycles. The number of nitrogens with zero attached hydrogens (tertiary/aromatic N) is 1. The predicted octanol–water partition coefficient (Wildman–Crippen LogP) is -1.58. The van der Waals surface area contributed by atoms with Crippen LogP contribution in [0.3, 0.4) is 0 Å². The third-order valence-electron chi connectivity index (χ3n) is 2.50. The molecule has 0 amide bonds. The van der Waals surface area contributed by atoms with E-state index in [2.05, 4.69) is 0 Å². The smallest absolute Gasteiger partial charge is 0.333 e. The number of aliphatic carboxylic acids is 4. The van der Waals surface area contributed by atoms with E-state index in [4.69, 9.17) is 29.9 Å². The fourth-order valence-electron chi connectivity index (χ4n) is 1.51. The van der Waals surface area contributed by atoms with Crippen molar-refractivity contribution in [1.82, 2.24) is 4.90 Å². The Morgan fingerprint density at radius 3 is 1.96 bits per heavy atom. The first-order valence-electron chi connectivity index (χ1n) is 6.52. The molecular weight excluding hydrogens is 318 g/mol. The molecule has 4 N–H and O–H groups in total. The van der Waals surface area contributed by atoms with Gasteiger partial charge in [0.2, 0.25) is 0 Å². The van der Waals surface area contributed by atoms with E-state index < -0.39 is 43.0 Å². The first-order valence-corrected chi connectivity index (χ1v) is 6.52. The molecule has 0 radical (unpaired) electrons. The number of rotatable bonds is 14. The molecule has 0 heterocycles. The normalized spacial score (nSPS) is 12.0. The van der Waals surface area contributed by atoms with E-state index >= 15 is 0 Å². The lowest BCUT2D eigenvalue weighted by atomic mass is 10.2. The number of carboxylic acid groups (broad SMARTS) is 4. The van der Waals surface area contributed by atoms with Gasteiger partial charge in [-0.1, -0.05) is 0 Å². The second-order valence-corrected chi connectivity index (χ2v) is 4.41. The van der Waals surface area contributed by atoms with Crippen LogP contribution >= 0.6 is 0 Å². The van der Waals surface area contributed by atoms with Crippen LogP contribution in [-0.4, -0.2) is 94.8 Å². The molecule has 23 heavy (non-hydrogen) atoms. The van der Waals surface area contributed by atoms with Gasteiger partial charge in [-0.3, -0.25) is 14.5 Å². The Bertz CT molecular complexity index is 424. The summed E-state index contributed by atoms with van der Waals surface area (Å²) in [5.74, 6) is -5.05. The number of carboxylic acids is 4. The second kappa shape index (κ2) is 11.3. The third kappa shape index (κ3) is 12.0. The van der Waals surface area contributed by atoms with Crippen molar-refractivity contribution in [3.05, 3.63) is 0 Å². The van der Waals surface area contributed by atoms with Crippen molar-refractivity contribution in [2.45, 2.75) is 12.5 Å². The van der Waals surface area contributed by atoms with Gasteiger partial charge < -0.3 is 29.9 Å². The van der Waals surface area contributed by atoms with Gasteiger partial charge in [0.1, 0.15) is 6.61 Å². The minimum atomic E-state index is -1.53. The molecule has 0 aromatic heterocycles. The van der Waals surface area contributed by atoms with E-state index in [-0.39, 0.29) is 32.8 Å². The summed E-state index contributed by atoms with van der Waals surface area (Å²) in [7, 11) is 0. The highest BCUT2D eigenvalue weighted by molar-refractivity contribution is 5.79. The molecule has 0 bridgehead atoms. The number of ether oxygens (including phenoxy) is 2. The highest BCUT2D eigenvalue weighted by Gasteiger charge is 2.22. The molecule has 0 rings (SSSR count). The van der Waals surface area contributed by atoms with Gasteiger partial charge in [0.05, 0.1) is 26.2 Å². The molecule has 0 saturated carbocycles. The summed E-state index contributed by atoms with van der Waals surface area (Å²) in [6.45, 7) is -1.01. The molecule has 0 fully saturated rings. The van der Waals surface area contributed by atoms with Gasteiger partial charge in [-0.15, -0.1) is 0 Å². The van der Waals surface area contributed by atoms with Crippen LogP contribution < -0.4 is 0 Å². The zero-order valence-corrected chi connectivity index (χ0v) is 12.2. The number of hydrogen-bond acceptors (Lipinski definition) is 7. The van der Waals surface area contributed by atoms with Gasteiger partial charge in [0.25, 0.3) is 0 Å². The zero-order valence-electron chi connectivity index (χ0n) is 12.2. The summed E-state index contributed by atoms with van der Waals surface area (Å²) in [5.41, 5.74) is 0. The summed E-state index contributed by atoms with van der Waals surface area (Å²) < 4.78 is 9.70. The minimum Gasteiger partial charge on any atom is -0.481 e. The van der Waals surface area contributed by atoms with Crippen molar-refractivity contribution in [3.8, 4) is 0 Å². The van der Waals surface area contributed by atoms with Crippen molar-refractivity contribution in [2.75, 3.05) is 39.5 Å². The summed E-state index contributed by atoms with van der Waals surface area (Å²) in [6, 6.07) is 0. The first kappa shape index (κ1) is 20.8. The van der Waals surface area contributed by atoms with E-state index in [0.717, 1.165) is 0 Å². The maximum Gasteiger partial charge on any atom is 0.333 e. The molecule has 1 atom stereocenters. The van der Waals surface area contributed by atoms with Crippen LogP contribution in [-0.2, 0) is 28.7 Å². The minimum absolute atomic E-state index is 0.0200. The Labute approximate surface area is 131 Å². The van der Waals surface area contributed by atoms with Crippen LogP contribution in [0.4, 0.5) is 0 Å². The quantitative estimate of drug-likeness (QED) is 0.269. The summed E-state index contributed by atoms with van der Waals surface area (Å²) in [6.07, 6.45) is -2.24. The maximum atomic E-state index is 10.8. The van der Waals surface area contributed by atoms with Crippen molar-refractivity contribution in [1.29, 1.82) is 0 Å². The zero-order chi connectivity index (χ0) is 17.8. The van der Waals surface area contributed by atoms with Gasteiger partial charge >= 0.3 is 23.9 Å². The summed E-state index contributed by atoms with van der Waals surface area (Å²) in [4.78, 5) is 43.6. The van der Waals surface area contributed by atoms with E-state index in [0.29, 0.717) is 0 Å². The summed E-state index contributed by atoms with van der Waals surface area (Å²) >= 11 is 0. The second-order valence-electron chi connectivity index (χ2n) is 4.41. The van der Waals surface area contributed by atoms with Gasteiger partial charge in [-0.25, -0.2) is 9.59 Å². The monoisotopic (exact) mass is 337 g/mol. The molecule has 132 valence electrons. The molecule has 11 heteroatoms. The Kier molecular flexibility index (Phi) is 10.2. The Hall–Kier alpha value is -2.24. The Morgan fingerprint density at radius 1 is 0.870 bits per heavy atom. The molecule has 11 nitrogen and oxygen atoms in total. The van der Waals surface area contributed by atoms with E-state index in [1.807, 2.05) is 0 Å². The first-order chi connectivity index (χ1) is 10.7. The van der Waals surface area contributed by atoms with Crippen LogP contribution in [0.25, 0.3) is 0 Å². The van der Waals surface area contributed by atoms with Crippen molar-refractivity contribution < 1.29 is 49.1 Å². The molecule has 0 spiro atoms. The average Bonchev–Trinajstić information content (AvgIpc) is 2.40. The van der Waals surface area contributed by atoms with Gasteiger partial charge in [-0.05, 0) is 0 Å². The van der Waals surface area contributed by atoms with Crippen LogP contribution in [0.5, 0.6) is 0 Å². The van der Waals surface area contributed by atoms with Gasteiger partial charge in [0.15, 0.2) is 6.10 Å². The van der Waals surface area contributed by atoms with Crippen molar-refractivity contribution >= 4 is 23.9 Å². The van der Waals surface area contributed by atoms with E-state index in [1.165, 1.54) is 4.90 Å². The van der Waals surface area contributed by atoms with Crippen LogP contribution in [0.2, 0.25) is 0 Å². The average molecular weight is 337 g/mol. The highest BCUT2D eigenvalue weighted by atomic mass is 16.5. The number of hydrogen-bond donors (Lipinski definition) is 4. The van der Waals surface area contributed by atoms with Gasteiger partial charge in [0, 0.05) is 13.1 Å². The van der Waals surface area contributed by atoms with Crippen LogP contribution in [0.1, 0.15) is 6.42 Å². The van der Waals surface area contributed by atoms with E-state index in [9.17, 15) is 19.2 Å². The van der Waals surface area contributed by atoms with Crippen molar-refractivity contribution in [2.24, 2.45) is 0 Å². The summed E-state index contributed by atoms with van der Waals surface area (Å²) in [5, 5.41) is 34.5. The molecule has 0 saturated heterocycles. The molecular formula is C12H19NO10. The van der Waals surface area contributed by atoms with Crippen molar-refractivity contribution in [3.63, 3.8) is 0 Å². The topological polar surface area (TPSA) is 171 Å². The largest absolute Gasteiger partial charge is 0.481 e. The van der Waals surface area contributed by atoms with Crippen LogP contribution in [0, 0.1) is 0 Å². The molecule has 0 aliphatic rings. The van der Waals surface area contributed by atoms with Crippen LogP contribution in [0.15, 0.2) is 0 Å². The molecule has 0 aromatic carbocycles. The SMILES string of the molecule is O=C(O)COCCN(CCOC(CC(=O)O)C(=O)O)CC(=O)O.